The van der Waals surface area contributed by atoms with E-state index in [1.807, 2.05) is 0 Å². The molecule has 3 aromatic rings. The number of nitrogens with one attached hydrogen (secondary N) is 1. The summed E-state index contributed by atoms with van der Waals surface area (Å²) in [5, 5.41) is 0. The second kappa shape index (κ2) is 5.56. The van der Waals surface area contributed by atoms with Crippen LogP contribution in [-0.4, -0.2) is 20.7 Å². The Kier molecular flexibility index (Phi) is 3.73. The predicted octanol–water partition coefficient (Wildman–Crippen LogP) is 3.17. The summed E-state index contributed by atoms with van der Waals surface area (Å²) in [7, 11) is 0. The van der Waals surface area contributed by atoms with Crippen LogP contribution < -0.4 is 5.76 Å². The number of imidazole rings is 1. The lowest BCUT2D eigenvalue weighted by Gasteiger charge is -2.10. The van der Waals surface area contributed by atoms with Gasteiger partial charge in [0, 0.05) is 17.3 Å². The number of alkyl halides is 3. The number of aromatic amines is 1. The molecule has 0 atom stereocenters. The zero-order valence-corrected chi connectivity index (χ0v) is 11.9. The van der Waals surface area contributed by atoms with Crippen LogP contribution in [0.25, 0.3) is 11.1 Å². The van der Waals surface area contributed by atoms with Crippen molar-refractivity contribution < 1.29 is 17.6 Å². The molecule has 0 aliphatic carbocycles. The summed E-state index contributed by atoms with van der Waals surface area (Å²) < 4.78 is 43.3. The fourth-order valence-electron chi connectivity index (χ4n) is 1.98. The van der Waals surface area contributed by atoms with Crippen molar-refractivity contribution in [3.8, 4) is 0 Å². The summed E-state index contributed by atoms with van der Waals surface area (Å²) in [4.78, 5) is 18.3. The van der Waals surface area contributed by atoms with E-state index < -0.39 is 18.5 Å². The van der Waals surface area contributed by atoms with Gasteiger partial charge in [-0.3, -0.25) is 4.98 Å². The molecule has 22 heavy (non-hydrogen) atoms. The van der Waals surface area contributed by atoms with Gasteiger partial charge in [-0.25, -0.2) is 9.78 Å². The van der Waals surface area contributed by atoms with Crippen molar-refractivity contribution in [2.75, 3.05) is 0 Å². The Morgan fingerprint density at radius 2 is 2.18 bits per heavy atom. The lowest BCUT2D eigenvalue weighted by atomic mass is 10.3. The van der Waals surface area contributed by atoms with Crippen LogP contribution in [0.5, 0.6) is 0 Å². The van der Waals surface area contributed by atoms with Gasteiger partial charge in [-0.15, -0.1) is 11.8 Å². The van der Waals surface area contributed by atoms with Gasteiger partial charge in [0.25, 0.3) is 0 Å². The molecule has 0 spiro atoms. The number of rotatable bonds is 4. The van der Waals surface area contributed by atoms with E-state index in [2.05, 4.69) is 9.97 Å². The fraction of sp³-hybridized carbons (Fsp3) is 0.231. The van der Waals surface area contributed by atoms with E-state index in [0.717, 1.165) is 9.46 Å². The monoisotopic (exact) mass is 329 g/mol. The first-order chi connectivity index (χ1) is 10.4. The molecule has 0 saturated heterocycles. The van der Waals surface area contributed by atoms with Crippen LogP contribution in [0.2, 0.25) is 0 Å². The summed E-state index contributed by atoms with van der Waals surface area (Å²) in [6.45, 7) is -1.06. The highest BCUT2D eigenvalue weighted by atomic mass is 32.2. The first-order valence-electron chi connectivity index (χ1n) is 6.23. The molecule has 0 amide bonds. The molecule has 5 nitrogen and oxygen atoms in total. The molecule has 0 aliphatic heterocycles. The minimum atomic E-state index is -4.28. The Hall–Kier alpha value is -2.16. The number of oxazole rings is 1. The van der Waals surface area contributed by atoms with Crippen molar-refractivity contribution in [2.45, 2.75) is 23.4 Å². The minimum absolute atomic E-state index is 0.281. The number of fused-ring (bicyclic) bond motifs is 1. The summed E-state index contributed by atoms with van der Waals surface area (Å²) >= 11 is 1.32. The van der Waals surface area contributed by atoms with Crippen LogP contribution in [-0.2, 0) is 12.3 Å². The molecule has 2 aromatic heterocycles. The van der Waals surface area contributed by atoms with Crippen LogP contribution in [0.3, 0.4) is 0 Å². The van der Waals surface area contributed by atoms with Gasteiger partial charge in [0.05, 0.1) is 11.3 Å². The highest BCUT2D eigenvalue weighted by molar-refractivity contribution is 7.98. The number of hydrogen-bond acceptors (Lipinski definition) is 4. The third-order valence-corrected chi connectivity index (χ3v) is 3.90. The maximum Gasteiger partial charge on any atom is 0.417 e. The Bertz CT molecular complexity index is 850. The van der Waals surface area contributed by atoms with Crippen LogP contribution in [0.4, 0.5) is 13.2 Å². The summed E-state index contributed by atoms with van der Waals surface area (Å²) in [5.74, 6) is 0.0688. The molecule has 1 N–H and O–H groups in total. The van der Waals surface area contributed by atoms with E-state index >= 15 is 0 Å². The molecular formula is C13H10F3N3O2S. The molecule has 9 heteroatoms. The topological polar surface area (TPSA) is 63.8 Å². The average molecular weight is 329 g/mol. The Labute approximate surface area is 126 Å². The number of nitrogens with zero attached hydrogens (tertiary/aromatic N) is 2. The summed E-state index contributed by atoms with van der Waals surface area (Å²) in [6, 6.07) is 5.11. The van der Waals surface area contributed by atoms with Gasteiger partial charge in [0.1, 0.15) is 12.4 Å². The first-order valence-corrected chi connectivity index (χ1v) is 7.22. The van der Waals surface area contributed by atoms with E-state index in [1.54, 1.807) is 18.2 Å². The van der Waals surface area contributed by atoms with Crippen molar-refractivity contribution >= 4 is 22.9 Å². The summed E-state index contributed by atoms with van der Waals surface area (Å²) in [5.41, 5.74) is 0.988. The van der Waals surface area contributed by atoms with E-state index in [-0.39, 0.29) is 5.75 Å². The van der Waals surface area contributed by atoms with Crippen LogP contribution in [0, 0.1) is 0 Å². The maximum absolute atomic E-state index is 12.4. The quantitative estimate of drug-likeness (QED) is 0.747. The molecule has 0 fully saturated rings. The Morgan fingerprint density at radius 1 is 1.36 bits per heavy atom. The SMILES string of the molecule is O=c1[nH]c2ccc(SCc3nccn3CC(F)(F)F)cc2o1. The Balaban J connectivity index is 1.74. The molecule has 1 aromatic carbocycles. The van der Waals surface area contributed by atoms with Crippen LogP contribution >= 0.6 is 11.8 Å². The standard InChI is InChI=1S/C13H10F3N3O2S/c14-13(15,16)7-19-4-3-17-11(19)6-22-8-1-2-9-10(5-8)21-12(20)18-9/h1-5H,6-7H2,(H,18,20). The average Bonchev–Trinajstić information content (AvgIpc) is 2.99. The number of thioether (sulfide) groups is 1. The number of benzene rings is 1. The molecule has 0 aliphatic rings. The van der Waals surface area contributed by atoms with Crippen molar-refractivity contribution in [2.24, 2.45) is 0 Å². The second-order valence-electron chi connectivity index (χ2n) is 4.55. The number of aromatic nitrogens is 3. The summed E-state index contributed by atoms with van der Waals surface area (Å²) in [6.07, 6.45) is -1.64. The van der Waals surface area contributed by atoms with Crippen LogP contribution in [0.15, 0.2) is 44.7 Å². The van der Waals surface area contributed by atoms with Crippen molar-refractivity contribution in [3.63, 3.8) is 0 Å². The number of hydrogen-bond donors (Lipinski definition) is 1. The van der Waals surface area contributed by atoms with Crippen molar-refractivity contribution in [1.82, 2.24) is 14.5 Å². The Morgan fingerprint density at radius 3 is 2.95 bits per heavy atom. The molecule has 116 valence electrons. The second-order valence-corrected chi connectivity index (χ2v) is 5.60. The molecule has 0 bridgehead atoms. The van der Waals surface area contributed by atoms with Gasteiger partial charge in [0.15, 0.2) is 5.58 Å². The van der Waals surface area contributed by atoms with Gasteiger partial charge >= 0.3 is 11.9 Å². The number of H-pyrrole nitrogens is 1. The third-order valence-electron chi connectivity index (χ3n) is 2.91. The highest BCUT2D eigenvalue weighted by Crippen LogP contribution is 2.26. The molecule has 0 unspecified atom stereocenters. The molecule has 0 saturated carbocycles. The molecule has 0 radical (unpaired) electrons. The van der Waals surface area contributed by atoms with Gasteiger partial charge < -0.3 is 8.98 Å². The fourth-order valence-corrected chi connectivity index (χ4v) is 2.87. The zero-order chi connectivity index (χ0) is 15.7. The van der Waals surface area contributed by atoms with Crippen LogP contribution in [0.1, 0.15) is 5.82 Å². The van der Waals surface area contributed by atoms with Crippen molar-refractivity contribution in [3.05, 3.63) is 47.0 Å². The third kappa shape index (κ3) is 3.35. The minimum Gasteiger partial charge on any atom is -0.408 e. The zero-order valence-electron chi connectivity index (χ0n) is 11.1. The molecular weight excluding hydrogens is 319 g/mol. The van der Waals surface area contributed by atoms with Gasteiger partial charge in [-0.05, 0) is 18.2 Å². The smallest absolute Gasteiger partial charge is 0.408 e. The van der Waals surface area contributed by atoms with Gasteiger partial charge in [0.2, 0.25) is 0 Å². The lowest BCUT2D eigenvalue weighted by molar-refractivity contribution is -0.140. The highest BCUT2D eigenvalue weighted by Gasteiger charge is 2.28. The number of halogens is 3. The molecule has 3 rings (SSSR count). The van der Waals surface area contributed by atoms with E-state index in [4.69, 9.17) is 4.42 Å². The lowest BCUT2D eigenvalue weighted by Crippen LogP contribution is -2.18. The maximum atomic E-state index is 12.4. The van der Waals surface area contributed by atoms with Crippen molar-refractivity contribution in [1.29, 1.82) is 0 Å². The van der Waals surface area contributed by atoms with Gasteiger partial charge in [-0.1, -0.05) is 0 Å². The van der Waals surface area contributed by atoms with E-state index in [0.29, 0.717) is 16.9 Å². The van der Waals surface area contributed by atoms with E-state index in [1.165, 1.54) is 24.2 Å². The first kappa shape index (κ1) is 14.8. The molecule has 2 heterocycles. The largest absolute Gasteiger partial charge is 0.417 e. The predicted molar refractivity (Wildman–Crippen MR) is 74.7 cm³/mol. The van der Waals surface area contributed by atoms with Gasteiger partial charge in [-0.2, -0.15) is 13.2 Å². The van der Waals surface area contributed by atoms with E-state index in [9.17, 15) is 18.0 Å². The normalized spacial score (nSPS) is 12.1.